The van der Waals surface area contributed by atoms with E-state index in [4.69, 9.17) is 5.73 Å². The summed E-state index contributed by atoms with van der Waals surface area (Å²) in [5.41, 5.74) is 5.66. The second-order valence-corrected chi connectivity index (χ2v) is 8.65. The molecule has 2 amide bonds. The number of fused-ring (bicyclic) bond motifs is 3. The van der Waals surface area contributed by atoms with Gasteiger partial charge in [0, 0.05) is 24.2 Å². The molecule has 204 valence electrons. The summed E-state index contributed by atoms with van der Waals surface area (Å²) in [5.74, 6) is -0.747. The number of nitrogens with zero attached hydrogens (tertiary/aromatic N) is 6. The molecule has 0 aliphatic carbocycles. The number of pyridine rings is 2. The van der Waals surface area contributed by atoms with Crippen LogP contribution in [-0.2, 0) is 24.5 Å². The normalized spacial score (nSPS) is 16.2. The minimum absolute atomic E-state index is 0.0632. The highest BCUT2D eigenvalue weighted by atomic mass is 19.4. The zero-order chi connectivity index (χ0) is 28.3. The van der Waals surface area contributed by atoms with Crippen LogP contribution in [0.25, 0.3) is 21.8 Å². The maximum absolute atomic E-state index is 13.7. The number of benzene rings is 1. The van der Waals surface area contributed by atoms with E-state index >= 15 is 0 Å². The summed E-state index contributed by atoms with van der Waals surface area (Å²) in [6, 6.07) is 5.86. The number of nitrogens with two attached hydrogens (primary N) is 1. The second kappa shape index (κ2) is 8.99. The maximum atomic E-state index is 13.7. The zero-order valence-electron chi connectivity index (χ0n) is 19.8. The average Bonchev–Trinajstić information content (AvgIpc) is 3.45. The van der Waals surface area contributed by atoms with Crippen molar-refractivity contribution in [2.24, 2.45) is 7.05 Å². The Balaban J connectivity index is 1.56. The van der Waals surface area contributed by atoms with E-state index in [1.165, 1.54) is 29.1 Å². The van der Waals surface area contributed by atoms with Crippen LogP contribution in [0.4, 0.5) is 37.0 Å². The van der Waals surface area contributed by atoms with Crippen molar-refractivity contribution >= 4 is 39.6 Å². The summed E-state index contributed by atoms with van der Waals surface area (Å²) >= 11 is 0. The van der Waals surface area contributed by atoms with Crippen molar-refractivity contribution in [2.45, 2.75) is 25.0 Å². The molecule has 0 spiro atoms. The Bertz CT molecular complexity index is 1600. The van der Waals surface area contributed by atoms with Crippen LogP contribution in [-0.4, -0.2) is 60.6 Å². The first kappa shape index (κ1) is 26.0. The third-order valence-electron chi connectivity index (χ3n) is 6.10. The highest BCUT2D eigenvalue weighted by molar-refractivity contribution is 6.10. The highest BCUT2D eigenvalue weighted by Gasteiger charge is 2.51. The van der Waals surface area contributed by atoms with Crippen LogP contribution in [0.3, 0.4) is 0 Å². The van der Waals surface area contributed by atoms with Crippen molar-refractivity contribution in [1.29, 1.82) is 0 Å². The van der Waals surface area contributed by atoms with Crippen molar-refractivity contribution < 1.29 is 40.7 Å². The first-order valence-electron chi connectivity index (χ1n) is 11.1. The molecule has 16 heteroatoms. The first-order chi connectivity index (χ1) is 18.2. The van der Waals surface area contributed by atoms with Gasteiger partial charge in [-0.05, 0) is 30.3 Å². The molecule has 39 heavy (non-hydrogen) atoms. The molecule has 1 fully saturated rings. The number of aryl methyl sites for hydroxylation is 1. The predicted molar refractivity (Wildman–Crippen MR) is 123 cm³/mol. The number of cyclic esters (lactones) is 1. The van der Waals surface area contributed by atoms with Gasteiger partial charge in [0.05, 0.1) is 47.0 Å². The fourth-order valence-electron chi connectivity index (χ4n) is 4.16. The molecule has 0 radical (unpaired) electrons. The number of carbonyl (C=O) groups is 2. The van der Waals surface area contributed by atoms with Crippen LogP contribution >= 0.6 is 0 Å². The monoisotopic (exact) mass is 553 g/mol. The SMILES string of the molecule is Cn1ncc2c(N)nc3ccc(C(=O)N(Cc4ccc(C(F)(F)F)cn4)N4CC(C(F)(F)F)OC4=O)cc3c21. The molecule has 4 heterocycles. The van der Waals surface area contributed by atoms with Gasteiger partial charge in [0.1, 0.15) is 5.82 Å². The Morgan fingerprint density at radius 1 is 1.13 bits per heavy atom. The van der Waals surface area contributed by atoms with E-state index in [0.717, 1.165) is 6.07 Å². The first-order valence-corrected chi connectivity index (χ1v) is 11.1. The van der Waals surface area contributed by atoms with Crippen LogP contribution in [0.1, 0.15) is 21.6 Å². The molecule has 0 saturated carbocycles. The molecular weight excluding hydrogens is 536 g/mol. The maximum Gasteiger partial charge on any atom is 0.429 e. The standard InChI is InChI=1S/C23H17F6N7O3/c1-34-18-14-6-11(2-5-16(14)33-19(30)15(18)8-32-34)20(37)35(36-10-17(23(27,28)29)39-21(36)38)9-13-4-3-12(7-31-13)22(24,25)26/h2-8,17H,9-10H2,1H3,(H2,30,33). The van der Waals surface area contributed by atoms with Gasteiger partial charge in [-0.1, -0.05) is 0 Å². The van der Waals surface area contributed by atoms with Crippen molar-refractivity contribution in [3.8, 4) is 0 Å². The van der Waals surface area contributed by atoms with Gasteiger partial charge in [0.15, 0.2) is 0 Å². The number of aromatic nitrogens is 4. The van der Waals surface area contributed by atoms with Gasteiger partial charge >= 0.3 is 18.4 Å². The minimum Gasteiger partial charge on any atom is -0.433 e. The van der Waals surface area contributed by atoms with Gasteiger partial charge in [-0.25, -0.2) is 19.8 Å². The van der Waals surface area contributed by atoms with E-state index in [1.54, 1.807) is 7.05 Å². The summed E-state index contributed by atoms with van der Waals surface area (Å²) in [6.07, 6.45) is -11.6. The Kier molecular flexibility index (Phi) is 5.99. The molecule has 10 nitrogen and oxygen atoms in total. The van der Waals surface area contributed by atoms with E-state index in [2.05, 4.69) is 19.8 Å². The fourth-order valence-corrected chi connectivity index (χ4v) is 4.16. The lowest BCUT2D eigenvalue weighted by Crippen LogP contribution is -2.47. The molecule has 2 N–H and O–H groups in total. The van der Waals surface area contributed by atoms with Crippen LogP contribution in [0.15, 0.2) is 42.7 Å². The lowest BCUT2D eigenvalue weighted by molar-refractivity contribution is -0.193. The van der Waals surface area contributed by atoms with E-state index in [1.807, 2.05) is 0 Å². The van der Waals surface area contributed by atoms with Crippen molar-refractivity contribution in [3.63, 3.8) is 0 Å². The summed E-state index contributed by atoms with van der Waals surface area (Å²) in [6.45, 7) is -1.68. The topological polar surface area (TPSA) is 119 Å². The molecule has 1 aromatic carbocycles. The number of hydrogen-bond acceptors (Lipinski definition) is 7. The number of rotatable bonds is 4. The molecule has 1 unspecified atom stereocenters. The van der Waals surface area contributed by atoms with Crippen LogP contribution < -0.4 is 5.73 Å². The van der Waals surface area contributed by atoms with E-state index in [9.17, 15) is 35.9 Å². The molecule has 5 rings (SSSR count). The van der Waals surface area contributed by atoms with Gasteiger partial charge in [0.25, 0.3) is 5.91 Å². The number of hydrazine groups is 1. The Morgan fingerprint density at radius 2 is 1.87 bits per heavy atom. The average molecular weight is 553 g/mol. The van der Waals surface area contributed by atoms with Crippen LogP contribution in [0.5, 0.6) is 0 Å². The summed E-state index contributed by atoms with van der Waals surface area (Å²) < 4.78 is 84.6. The number of alkyl halides is 6. The summed E-state index contributed by atoms with van der Waals surface area (Å²) in [7, 11) is 1.63. The molecule has 4 aromatic rings. The predicted octanol–water partition coefficient (Wildman–Crippen LogP) is 4.06. The van der Waals surface area contributed by atoms with Gasteiger partial charge in [-0.15, -0.1) is 0 Å². The third-order valence-corrected chi connectivity index (χ3v) is 6.10. The van der Waals surface area contributed by atoms with Gasteiger partial charge in [-0.3, -0.25) is 14.5 Å². The molecule has 1 atom stereocenters. The van der Waals surface area contributed by atoms with Crippen LogP contribution in [0.2, 0.25) is 0 Å². The number of amides is 2. The Morgan fingerprint density at radius 3 is 2.49 bits per heavy atom. The molecule has 1 aliphatic heterocycles. The molecule has 1 aliphatic rings. The molecular formula is C23H17F6N7O3. The highest BCUT2D eigenvalue weighted by Crippen LogP contribution is 2.32. The minimum atomic E-state index is -4.91. The molecule has 3 aromatic heterocycles. The number of anilines is 1. The molecule has 1 saturated heterocycles. The van der Waals surface area contributed by atoms with Gasteiger partial charge in [-0.2, -0.15) is 31.4 Å². The lowest BCUT2D eigenvalue weighted by atomic mass is 10.1. The number of nitrogen functional groups attached to an aromatic ring is 1. The smallest absolute Gasteiger partial charge is 0.429 e. The summed E-state index contributed by atoms with van der Waals surface area (Å²) in [5, 5.41) is 6.17. The Hall–Kier alpha value is -4.63. The lowest BCUT2D eigenvalue weighted by Gasteiger charge is -2.29. The van der Waals surface area contributed by atoms with Gasteiger partial charge < -0.3 is 10.5 Å². The van der Waals surface area contributed by atoms with E-state index in [-0.39, 0.29) is 17.1 Å². The number of hydrogen-bond donors (Lipinski definition) is 1. The van der Waals surface area contributed by atoms with E-state index in [0.29, 0.717) is 44.1 Å². The number of carbonyl (C=O) groups excluding carboxylic acids is 2. The largest absolute Gasteiger partial charge is 0.433 e. The number of ether oxygens (including phenoxy) is 1. The second-order valence-electron chi connectivity index (χ2n) is 8.65. The number of halogens is 6. The third kappa shape index (κ3) is 4.72. The van der Waals surface area contributed by atoms with Crippen molar-refractivity contribution in [1.82, 2.24) is 29.8 Å². The quantitative estimate of drug-likeness (QED) is 0.379. The summed E-state index contributed by atoms with van der Waals surface area (Å²) in [4.78, 5) is 34.0. The van der Waals surface area contributed by atoms with Gasteiger partial charge in [0.2, 0.25) is 6.10 Å². The van der Waals surface area contributed by atoms with Crippen molar-refractivity contribution in [2.75, 3.05) is 12.3 Å². The fraction of sp³-hybridized carbons (Fsp3) is 0.261. The Labute approximate surface area is 214 Å². The zero-order valence-corrected chi connectivity index (χ0v) is 19.8. The molecule has 0 bridgehead atoms. The van der Waals surface area contributed by atoms with E-state index < -0.39 is 49.1 Å². The van der Waals surface area contributed by atoms with Crippen molar-refractivity contribution in [3.05, 3.63) is 59.5 Å². The van der Waals surface area contributed by atoms with Crippen LogP contribution in [0, 0.1) is 0 Å².